The number of rotatable bonds is 5. The van der Waals surface area contributed by atoms with Crippen LogP contribution >= 0.6 is 0 Å². The molecule has 1 heterocycles. The van der Waals surface area contributed by atoms with Gasteiger partial charge in [-0.25, -0.2) is 0 Å². The van der Waals surface area contributed by atoms with Crippen LogP contribution in [0.1, 0.15) is 32.3 Å². The van der Waals surface area contributed by atoms with E-state index in [1.54, 1.807) is 0 Å². The third kappa shape index (κ3) is 3.28. The molecule has 1 saturated heterocycles. The fourth-order valence-corrected chi connectivity index (χ4v) is 2.48. The minimum absolute atomic E-state index is 0.105. The second-order valence-electron chi connectivity index (χ2n) is 6.70. The van der Waals surface area contributed by atoms with Gasteiger partial charge in [0.2, 0.25) is 0 Å². The highest BCUT2D eigenvalue weighted by atomic mass is 16.5. The summed E-state index contributed by atoms with van der Waals surface area (Å²) in [6, 6.07) is 8.84. The lowest BCUT2D eigenvalue weighted by atomic mass is 9.73. The summed E-state index contributed by atoms with van der Waals surface area (Å²) in [5.41, 5.74) is 8.81. The predicted octanol–water partition coefficient (Wildman–Crippen LogP) is 2.54. The van der Waals surface area contributed by atoms with Crippen molar-refractivity contribution in [3.63, 3.8) is 0 Å². The zero-order valence-corrected chi connectivity index (χ0v) is 12.6. The van der Waals surface area contributed by atoms with Crippen molar-refractivity contribution in [3.05, 3.63) is 29.8 Å². The van der Waals surface area contributed by atoms with Gasteiger partial charge in [0.1, 0.15) is 0 Å². The molecule has 2 N–H and O–H groups in total. The number of anilines is 1. The maximum atomic E-state index is 6.12. The van der Waals surface area contributed by atoms with E-state index in [0.717, 1.165) is 26.1 Å². The predicted molar refractivity (Wildman–Crippen MR) is 80.8 cm³/mol. The van der Waals surface area contributed by atoms with Crippen LogP contribution in [0.2, 0.25) is 0 Å². The Labute approximate surface area is 116 Å². The van der Waals surface area contributed by atoms with E-state index < -0.39 is 0 Å². The standard InChI is InChI=1S/C16H26N2O/c1-15(2,17)9-10-16(11-19-12-16)13-5-7-14(8-6-13)18(3)4/h5-8H,9-12,17H2,1-4H3. The van der Waals surface area contributed by atoms with Gasteiger partial charge in [-0.3, -0.25) is 0 Å². The molecule has 0 atom stereocenters. The van der Waals surface area contributed by atoms with Gasteiger partial charge in [-0.2, -0.15) is 0 Å². The van der Waals surface area contributed by atoms with Crippen LogP contribution in [0, 0.1) is 0 Å². The van der Waals surface area contributed by atoms with Gasteiger partial charge in [-0.1, -0.05) is 12.1 Å². The summed E-state index contributed by atoms with van der Waals surface area (Å²) < 4.78 is 5.48. The quantitative estimate of drug-likeness (QED) is 0.886. The number of hydrogen-bond acceptors (Lipinski definition) is 3. The van der Waals surface area contributed by atoms with Gasteiger partial charge in [-0.05, 0) is 44.4 Å². The summed E-state index contributed by atoms with van der Waals surface area (Å²) in [7, 11) is 4.13. The zero-order chi connectivity index (χ0) is 14.1. The van der Waals surface area contributed by atoms with Gasteiger partial charge >= 0.3 is 0 Å². The van der Waals surface area contributed by atoms with E-state index in [9.17, 15) is 0 Å². The van der Waals surface area contributed by atoms with Crippen LogP contribution in [0.4, 0.5) is 5.69 Å². The summed E-state index contributed by atoms with van der Waals surface area (Å²) in [5, 5.41) is 0. The number of nitrogens with zero attached hydrogens (tertiary/aromatic N) is 1. The molecule has 1 fully saturated rings. The van der Waals surface area contributed by atoms with Gasteiger partial charge in [0, 0.05) is 30.7 Å². The molecular weight excluding hydrogens is 236 g/mol. The van der Waals surface area contributed by atoms with Crippen LogP contribution in [0.25, 0.3) is 0 Å². The van der Waals surface area contributed by atoms with E-state index in [-0.39, 0.29) is 11.0 Å². The first-order valence-corrected chi connectivity index (χ1v) is 6.97. The molecule has 106 valence electrons. The van der Waals surface area contributed by atoms with Gasteiger partial charge in [0.25, 0.3) is 0 Å². The van der Waals surface area contributed by atoms with E-state index in [0.29, 0.717) is 0 Å². The van der Waals surface area contributed by atoms with Crippen LogP contribution in [0.3, 0.4) is 0 Å². The number of hydrogen-bond donors (Lipinski definition) is 1. The maximum Gasteiger partial charge on any atom is 0.0585 e. The molecule has 0 saturated carbocycles. The zero-order valence-electron chi connectivity index (χ0n) is 12.6. The van der Waals surface area contributed by atoms with Gasteiger partial charge in [0.15, 0.2) is 0 Å². The summed E-state index contributed by atoms with van der Waals surface area (Å²) in [5.74, 6) is 0. The minimum atomic E-state index is -0.105. The Kier molecular flexibility index (Phi) is 3.88. The van der Waals surface area contributed by atoms with E-state index in [4.69, 9.17) is 10.5 Å². The molecule has 19 heavy (non-hydrogen) atoms. The topological polar surface area (TPSA) is 38.5 Å². The average molecular weight is 262 g/mol. The van der Waals surface area contributed by atoms with E-state index in [1.165, 1.54) is 11.3 Å². The third-order valence-corrected chi connectivity index (χ3v) is 4.00. The maximum absolute atomic E-state index is 6.12. The molecule has 3 nitrogen and oxygen atoms in total. The van der Waals surface area contributed by atoms with Crippen molar-refractivity contribution in [1.29, 1.82) is 0 Å². The van der Waals surface area contributed by atoms with E-state index >= 15 is 0 Å². The second kappa shape index (κ2) is 5.14. The molecule has 0 radical (unpaired) electrons. The van der Waals surface area contributed by atoms with Crippen LogP contribution in [0.5, 0.6) is 0 Å². The summed E-state index contributed by atoms with van der Waals surface area (Å²) >= 11 is 0. The summed E-state index contributed by atoms with van der Waals surface area (Å²) in [6.07, 6.45) is 2.11. The molecule has 1 aromatic carbocycles. The number of ether oxygens (including phenoxy) is 1. The van der Waals surface area contributed by atoms with Crippen molar-refractivity contribution in [2.45, 2.75) is 37.6 Å². The highest BCUT2D eigenvalue weighted by Gasteiger charge is 2.40. The third-order valence-electron chi connectivity index (χ3n) is 4.00. The van der Waals surface area contributed by atoms with Crippen LogP contribution in [0.15, 0.2) is 24.3 Å². The van der Waals surface area contributed by atoms with Crippen molar-refractivity contribution < 1.29 is 4.74 Å². The van der Waals surface area contributed by atoms with E-state index in [2.05, 4.69) is 57.1 Å². The smallest absolute Gasteiger partial charge is 0.0585 e. The van der Waals surface area contributed by atoms with Crippen LogP contribution < -0.4 is 10.6 Å². The number of benzene rings is 1. The van der Waals surface area contributed by atoms with Crippen molar-refractivity contribution >= 4 is 5.69 Å². The van der Waals surface area contributed by atoms with E-state index in [1.807, 2.05) is 0 Å². The Morgan fingerprint density at radius 1 is 1.21 bits per heavy atom. The molecule has 0 unspecified atom stereocenters. The molecule has 1 aliphatic rings. The molecule has 0 aromatic heterocycles. The normalized spacial score (nSPS) is 17.9. The Morgan fingerprint density at radius 2 is 1.79 bits per heavy atom. The fraction of sp³-hybridized carbons (Fsp3) is 0.625. The number of nitrogens with two attached hydrogens (primary N) is 1. The lowest BCUT2D eigenvalue weighted by Gasteiger charge is -2.43. The lowest BCUT2D eigenvalue weighted by Crippen LogP contribution is -2.48. The van der Waals surface area contributed by atoms with Gasteiger partial charge in [-0.15, -0.1) is 0 Å². The largest absolute Gasteiger partial charge is 0.379 e. The van der Waals surface area contributed by atoms with Gasteiger partial charge < -0.3 is 15.4 Å². The Balaban J connectivity index is 2.12. The second-order valence-corrected chi connectivity index (χ2v) is 6.70. The first-order chi connectivity index (χ1) is 8.82. The van der Waals surface area contributed by atoms with Crippen LogP contribution in [-0.2, 0) is 10.2 Å². The van der Waals surface area contributed by atoms with Crippen molar-refractivity contribution in [1.82, 2.24) is 0 Å². The summed E-state index contributed by atoms with van der Waals surface area (Å²) in [4.78, 5) is 2.12. The molecular formula is C16H26N2O. The molecule has 0 bridgehead atoms. The Bertz CT molecular complexity index is 413. The first kappa shape index (κ1) is 14.4. The summed E-state index contributed by atoms with van der Waals surface area (Å²) in [6.45, 7) is 5.83. The van der Waals surface area contributed by atoms with Crippen molar-refractivity contribution in [2.75, 3.05) is 32.2 Å². The highest BCUT2D eigenvalue weighted by molar-refractivity contribution is 5.47. The van der Waals surface area contributed by atoms with Crippen molar-refractivity contribution in [2.24, 2.45) is 5.73 Å². The average Bonchev–Trinajstić information content (AvgIpc) is 2.26. The molecule has 3 heteroatoms. The molecule has 0 spiro atoms. The molecule has 1 aliphatic heterocycles. The Morgan fingerprint density at radius 3 is 2.16 bits per heavy atom. The lowest BCUT2D eigenvalue weighted by molar-refractivity contribution is -0.0669. The molecule has 1 aromatic rings. The molecule has 2 rings (SSSR count). The Hall–Kier alpha value is -1.06. The fourth-order valence-electron chi connectivity index (χ4n) is 2.48. The van der Waals surface area contributed by atoms with Gasteiger partial charge in [0.05, 0.1) is 13.2 Å². The van der Waals surface area contributed by atoms with Crippen molar-refractivity contribution in [3.8, 4) is 0 Å². The minimum Gasteiger partial charge on any atom is -0.379 e. The van der Waals surface area contributed by atoms with Crippen LogP contribution in [-0.4, -0.2) is 32.8 Å². The monoisotopic (exact) mass is 262 g/mol. The molecule has 0 aliphatic carbocycles. The molecule has 0 amide bonds. The SMILES string of the molecule is CN(C)c1ccc(C2(CCC(C)(C)N)COC2)cc1. The highest BCUT2D eigenvalue weighted by Crippen LogP contribution is 2.38. The first-order valence-electron chi connectivity index (χ1n) is 6.97.